The third kappa shape index (κ3) is 2.31. The van der Waals surface area contributed by atoms with Crippen molar-refractivity contribution in [2.45, 2.75) is 19.9 Å². The van der Waals surface area contributed by atoms with Crippen molar-refractivity contribution < 1.29 is 4.42 Å². The van der Waals surface area contributed by atoms with Gasteiger partial charge in [-0.2, -0.15) is 0 Å². The smallest absolute Gasteiger partial charge is 0.134 e. The number of aromatic nitrogens is 1. The van der Waals surface area contributed by atoms with Crippen LogP contribution in [-0.2, 0) is 0 Å². The molecule has 1 unspecified atom stereocenters. The van der Waals surface area contributed by atoms with Crippen molar-refractivity contribution in [1.82, 2.24) is 10.4 Å². The zero-order valence-electron chi connectivity index (χ0n) is 11.6. The fraction of sp³-hybridized carbons (Fsp3) is 0.188. The number of fused-ring (bicyclic) bond motifs is 1. The minimum atomic E-state index is -0.248. The lowest BCUT2D eigenvalue weighted by atomic mass is 10.1. The van der Waals surface area contributed by atoms with E-state index < -0.39 is 0 Å². The van der Waals surface area contributed by atoms with E-state index in [2.05, 4.69) is 23.4 Å². The highest BCUT2D eigenvalue weighted by atomic mass is 16.3. The monoisotopic (exact) mass is 267 g/mol. The first-order chi connectivity index (χ1) is 9.67. The molecule has 4 nitrogen and oxygen atoms in total. The molecular formula is C16H17N3O. The molecule has 0 aliphatic carbocycles. The lowest BCUT2D eigenvalue weighted by molar-refractivity contribution is 0.471. The second kappa shape index (κ2) is 5.07. The number of pyridine rings is 1. The standard InChI is InChI=1S/C16H17N3O/c1-10-6-7-14-12(8-10)9-15(20-14)16(19-17)13-5-3-4-11(2)18-13/h3-9,16,19H,17H2,1-2H3. The minimum Gasteiger partial charge on any atom is -0.459 e. The van der Waals surface area contributed by atoms with Gasteiger partial charge in [0.25, 0.3) is 0 Å². The molecule has 3 rings (SSSR count). The van der Waals surface area contributed by atoms with Gasteiger partial charge >= 0.3 is 0 Å². The highest BCUT2D eigenvalue weighted by Crippen LogP contribution is 2.27. The highest BCUT2D eigenvalue weighted by molar-refractivity contribution is 5.78. The van der Waals surface area contributed by atoms with E-state index in [4.69, 9.17) is 10.3 Å². The first kappa shape index (κ1) is 12.8. The van der Waals surface area contributed by atoms with Crippen molar-refractivity contribution in [3.05, 3.63) is 65.2 Å². The lowest BCUT2D eigenvalue weighted by Gasteiger charge is -2.12. The number of nitrogens with zero attached hydrogens (tertiary/aromatic N) is 1. The number of hydrogen-bond acceptors (Lipinski definition) is 4. The van der Waals surface area contributed by atoms with Gasteiger partial charge in [-0.25, -0.2) is 5.43 Å². The zero-order chi connectivity index (χ0) is 14.1. The van der Waals surface area contributed by atoms with Crippen molar-refractivity contribution in [2.24, 2.45) is 5.84 Å². The number of hydrazine groups is 1. The van der Waals surface area contributed by atoms with Crippen LogP contribution in [0, 0.1) is 13.8 Å². The number of hydrogen-bond donors (Lipinski definition) is 2. The van der Waals surface area contributed by atoms with Crippen molar-refractivity contribution >= 4 is 11.0 Å². The molecule has 0 radical (unpaired) electrons. The van der Waals surface area contributed by atoms with Crippen LogP contribution in [0.4, 0.5) is 0 Å². The van der Waals surface area contributed by atoms with Gasteiger partial charge in [-0.3, -0.25) is 10.8 Å². The van der Waals surface area contributed by atoms with Crippen molar-refractivity contribution in [3.63, 3.8) is 0 Å². The quantitative estimate of drug-likeness (QED) is 0.565. The largest absolute Gasteiger partial charge is 0.459 e. The maximum atomic E-state index is 5.89. The topological polar surface area (TPSA) is 64.1 Å². The molecule has 0 amide bonds. The molecule has 0 saturated carbocycles. The molecule has 0 bridgehead atoms. The Kier molecular flexibility index (Phi) is 3.26. The molecule has 2 heterocycles. The summed E-state index contributed by atoms with van der Waals surface area (Å²) in [5.74, 6) is 6.46. The second-order valence-corrected chi connectivity index (χ2v) is 4.99. The predicted octanol–water partition coefficient (Wildman–Crippen LogP) is 3.00. The van der Waals surface area contributed by atoms with Crippen LogP contribution < -0.4 is 11.3 Å². The van der Waals surface area contributed by atoms with Crippen molar-refractivity contribution in [2.75, 3.05) is 0 Å². The van der Waals surface area contributed by atoms with Crippen LogP contribution in [0.2, 0.25) is 0 Å². The van der Waals surface area contributed by atoms with Gasteiger partial charge in [-0.1, -0.05) is 17.7 Å². The predicted molar refractivity (Wildman–Crippen MR) is 79.1 cm³/mol. The summed E-state index contributed by atoms with van der Waals surface area (Å²) >= 11 is 0. The first-order valence-corrected chi connectivity index (χ1v) is 6.57. The molecule has 20 heavy (non-hydrogen) atoms. The van der Waals surface area contributed by atoms with Gasteiger partial charge in [0.1, 0.15) is 17.4 Å². The van der Waals surface area contributed by atoms with Crippen LogP contribution in [0.15, 0.2) is 46.9 Å². The maximum absolute atomic E-state index is 5.89. The summed E-state index contributed by atoms with van der Waals surface area (Å²) in [5, 5.41) is 1.08. The molecule has 2 aromatic heterocycles. The van der Waals surface area contributed by atoms with Gasteiger partial charge in [0.15, 0.2) is 0 Å². The molecule has 3 aromatic rings. The molecule has 1 atom stereocenters. The molecule has 0 aliphatic heterocycles. The van der Waals surface area contributed by atoms with Gasteiger partial charge < -0.3 is 4.42 Å². The molecule has 0 aliphatic rings. The Labute approximate surface area is 117 Å². The van der Waals surface area contributed by atoms with E-state index in [-0.39, 0.29) is 6.04 Å². The molecule has 0 saturated heterocycles. The SMILES string of the molecule is Cc1ccc2oc(C(NN)c3cccc(C)n3)cc2c1. The van der Waals surface area contributed by atoms with Gasteiger partial charge in [-0.05, 0) is 44.2 Å². The van der Waals surface area contributed by atoms with E-state index in [0.29, 0.717) is 0 Å². The fourth-order valence-electron chi connectivity index (χ4n) is 2.36. The van der Waals surface area contributed by atoms with E-state index in [1.807, 2.05) is 43.3 Å². The van der Waals surface area contributed by atoms with E-state index in [0.717, 1.165) is 28.1 Å². The third-order valence-corrected chi connectivity index (χ3v) is 3.35. The molecule has 3 N–H and O–H groups in total. The fourth-order valence-corrected chi connectivity index (χ4v) is 2.36. The van der Waals surface area contributed by atoms with E-state index in [9.17, 15) is 0 Å². The summed E-state index contributed by atoms with van der Waals surface area (Å²) in [5.41, 5.74) is 6.65. The normalized spacial score (nSPS) is 12.8. The number of nitrogens with one attached hydrogen (secondary N) is 1. The lowest BCUT2D eigenvalue weighted by Crippen LogP contribution is -2.29. The van der Waals surface area contributed by atoms with E-state index in [1.165, 1.54) is 5.56 Å². The Hall–Kier alpha value is -2.17. The van der Waals surface area contributed by atoms with Crippen molar-refractivity contribution in [3.8, 4) is 0 Å². The van der Waals surface area contributed by atoms with Crippen LogP contribution in [0.25, 0.3) is 11.0 Å². The summed E-state index contributed by atoms with van der Waals surface area (Å²) in [6.45, 7) is 4.02. The number of rotatable bonds is 3. The summed E-state index contributed by atoms with van der Waals surface area (Å²) in [6.07, 6.45) is 0. The van der Waals surface area contributed by atoms with Crippen LogP contribution >= 0.6 is 0 Å². The summed E-state index contributed by atoms with van der Waals surface area (Å²) in [4.78, 5) is 4.51. The summed E-state index contributed by atoms with van der Waals surface area (Å²) in [7, 11) is 0. The van der Waals surface area contributed by atoms with Gasteiger partial charge in [0.05, 0.1) is 5.69 Å². The van der Waals surface area contributed by atoms with Crippen LogP contribution in [0.5, 0.6) is 0 Å². The van der Waals surface area contributed by atoms with E-state index >= 15 is 0 Å². The molecule has 1 aromatic carbocycles. The molecule has 0 fully saturated rings. The zero-order valence-corrected chi connectivity index (χ0v) is 11.6. The van der Waals surface area contributed by atoms with Crippen LogP contribution in [-0.4, -0.2) is 4.98 Å². The number of aryl methyl sites for hydroxylation is 2. The highest BCUT2D eigenvalue weighted by Gasteiger charge is 2.18. The molecule has 4 heteroatoms. The number of nitrogens with two attached hydrogens (primary N) is 1. The molecule has 102 valence electrons. The average Bonchev–Trinajstić information content (AvgIpc) is 2.82. The summed E-state index contributed by atoms with van der Waals surface area (Å²) in [6, 6.07) is 13.7. The molecule has 0 spiro atoms. The van der Waals surface area contributed by atoms with Gasteiger partial charge in [0.2, 0.25) is 0 Å². The first-order valence-electron chi connectivity index (χ1n) is 6.57. The Morgan fingerprint density at radius 2 is 2.00 bits per heavy atom. The average molecular weight is 267 g/mol. The maximum Gasteiger partial charge on any atom is 0.134 e. The van der Waals surface area contributed by atoms with E-state index in [1.54, 1.807) is 0 Å². The Morgan fingerprint density at radius 1 is 1.15 bits per heavy atom. The third-order valence-electron chi connectivity index (χ3n) is 3.35. The van der Waals surface area contributed by atoms with Gasteiger partial charge in [-0.15, -0.1) is 0 Å². The minimum absolute atomic E-state index is 0.248. The second-order valence-electron chi connectivity index (χ2n) is 4.99. The summed E-state index contributed by atoms with van der Waals surface area (Å²) < 4.78 is 5.89. The Morgan fingerprint density at radius 3 is 2.75 bits per heavy atom. The van der Waals surface area contributed by atoms with Gasteiger partial charge in [0, 0.05) is 11.1 Å². The van der Waals surface area contributed by atoms with Crippen molar-refractivity contribution in [1.29, 1.82) is 0 Å². The number of furan rings is 1. The van der Waals surface area contributed by atoms with Crippen LogP contribution in [0.3, 0.4) is 0 Å². The van der Waals surface area contributed by atoms with Crippen LogP contribution in [0.1, 0.15) is 28.8 Å². The number of benzene rings is 1. The Bertz CT molecular complexity index is 748. The molecular weight excluding hydrogens is 250 g/mol. The Balaban J connectivity index is 2.07.